The van der Waals surface area contributed by atoms with E-state index in [0.717, 1.165) is 23.1 Å². The third-order valence-corrected chi connectivity index (χ3v) is 10.7. The van der Waals surface area contributed by atoms with E-state index in [1.165, 1.54) is 5.56 Å². The van der Waals surface area contributed by atoms with Gasteiger partial charge in [0.15, 0.2) is 0 Å². The minimum atomic E-state index is -0.999. The molecule has 2 aromatic carbocycles. The highest BCUT2D eigenvalue weighted by atomic mass is 32.2. The lowest BCUT2D eigenvalue weighted by molar-refractivity contribution is -0.130. The molecule has 0 saturated carbocycles. The molecule has 3 heterocycles. The smallest absolute Gasteiger partial charge is 0.270 e. The first-order valence-electron chi connectivity index (χ1n) is 18.1. The van der Waals surface area contributed by atoms with E-state index in [-0.39, 0.29) is 29.3 Å². The molecule has 4 aromatic rings. The Morgan fingerprint density at radius 3 is 2.35 bits per heavy atom. The lowest BCUT2D eigenvalue weighted by Gasteiger charge is -2.41. The summed E-state index contributed by atoms with van der Waals surface area (Å²) in [6, 6.07) is 22.8. The number of rotatable bonds is 14. The molecule has 0 aliphatic carbocycles. The molecule has 276 valence electrons. The van der Waals surface area contributed by atoms with E-state index in [2.05, 4.69) is 30.8 Å². The summed E-state index contributed by atoms with van der Waals surface area (Å²) in [7, 11) is 0. The SMILES string of the molecule is CC(C)[C@H](NC(=O)c1ccc2ccccc2n1)C(=O)N[C@@H](Cc1ccccc1)[C@H](O)CN1CC[C@@H](SCc2ccncc2)C[C@H]1C(=O)NC(C)(C)C. The number of aliphatic hydroxyl groups is 1. The van der Waals surface area contributed by atoms with E-state index in [4.69, 9.17) is 0 Å². The number of amides is 3. The second-order valence-corrected chi connectivity index (χ2v) is 16.3. The van der Waals surface area contributed by atoms with Crippen molar-refractivity contribution in [3.05, 3.63) is 108 Å². The molecule has 1 aliphatic rings. The van der Waals surface area contributed by atoms with E-state index >= 15 is 0 Å². The predicted octanol–water partition coefficient (Wildman–Crippen LogP) is 5.15. The number of thioether (sulfide) groups is 1. The molecule has 52 heavy (non-hydrogen) atoms. The molecule has 1 aliphatic heterocycles. The number of β-amino-alcohol motifs (C(OH)–C–C–N with tert-alkyl or cyclic N) is 1. The van der Waals surface area contributed by atoms with Crippen molar-refractivity contribution < 1.29 is 19.5 Å². The van der Waals surface area contributed by atoms with Crippen LogP contribution in [0.3, 0.4) is 0 Å². The van der Waals surface area contributed by atoms with Gasteiger partial charge in [-0.1, -0.05) is 68.4 Å². The number of hydrogen-bond acceptors (Lipinski definition) is 8. The monoisotopic (exact) mass is 724 g/mol. The molecule has 0 unspecified atom stereocenters. The number of likely N-dealkylation sites (tertiary alicyclic amines) is 1. The van der Waals surface area contributed by atoms with Crippen LogP contribution in [0.1, 0.15) is 69.1 Å². The Balaban J connectivity index is 1.31. The number of aliphatic hydroxyl groups excluding tert-OH is 1. The first kappa shape index (κ1) is 38.9. The first-order chi connectivity index (χ1) is 24.9. The van der Waals surface area contributed by atoms with Gasteiger partial charge in [-0.3, -0.25) is 24.3 Å². The Morgan fingerprint density at radius 2 is 1.63 bits per heavy atom. The summed E-state index contributed by atoms with van der Waals surface area (Å²) in [6.45, 7) is 10.5. The molecule has 5 atom stereocenters. The van der Waals surface area contributed by atoms with Crippen LogP contribution in [0.2, 0.25) is 0 Å². The van der Waals surface area contributed by atoms with Crippen LogP contribution in [-0.4, -0.2) is 85.8 Å². The van der Waals surface area contributed by atoms with Crippen molar-refractivity contribution in [1.82, 2.24) is 30.8 Å². The average Bonchev–Trinajstić information content (AvgIpc) is 3.12. The molecule has 3 amide bonds. The van der Waals surface area contributed by atoms with Crippen molar-refractivity contribution in [2.75, 3.05) is 13.1 Å². The molecule has 4 N–H and O–H groups in total. The fraction of sp³-hybridized carbons (Fsp3) is 0.439. The molecular formula is C41H52N6O4S. The number of nitrogens with one attached hydrogen (secondary N) is 3. The summed E-state index contributed by atoms with van der Waals surface area (Å²) in [5, 5.41) is 22.2. The molecule has 11 heteroatoms. The average molecular weight is 725 g/mol. The number of aromatic nitrogens is 2. The van der Waals surface area contributed by atoms with Crippen LogP contribution in [0.4, 0.5) is 0 Å². The van der Waals surface area contributed by atoms with Crippen LogP contribution in [0, 0.1) is 5.92 Å². The maximum absolute atomic E-state index is 14.0. The lowest BCUT2D eigenvalue weighted by atomic mass is 9.95. The van der Waals surface area contributed by atoms with Crippen LogP contribution in [-0.2, 0) is 21.8 Å². The highest BCUT2D eigenvalue weighted by Gasteiger charge is 2.38. The number of piperidine rings is 1. The summed E-state index contributed by atoms with van der Waals surface area (Å²) < 4.78 is 0. The van der Waals surface area contributed by atoms with Crippen LogP contribution >= 0.6 is 11.8 Å². The van der Waals surface area contributed by atoms with E-state index in [1.54, 1.807) is 18.5 Å². The van der Waals surface area contributed by atoms with E-state index in [1.807, 2.05) is 119 Å². The minimum Gasteiger partial charge on any atom is -0.390 e. The Bertz CT molecular complexity index is 1780. The molecule has 0 bridgehead atoms. The summed E-state index contributed by atoms with van der Waals surface area (Å²) in [5.41, 5.74) is 2.64. The van der Waals surface area contributed by atoms with Crippen LogP contribution in [0.15, 0.2) is 91.3 Å². The van der Waals surface area contributed by atoms with Crippen LogP contribution in [0.5, 0.6) is 0 Å². The Hall–Kier alpha value is -4.32. The molecule has 1 fully saturated rings. The second kappa shape index (κ2) is 17.9. The number of pyridine rings is 2. The van der Waals surface area contributed by atoms with Crippen LogP contribution < -0.4 is 16.0 Å². The maximum atomic E-state index is 14.0. The molecular weight excluding hydrogens is 673 g/mol. The van der Waals surface area contributed by atoms with Crippen molar-refractivity contribution in [3.63, 3.8) is 0 Å². The Labute approximate surface area is 311 Å². The maximum Gasteiger partial charge on any atom is 0.270 e. The number of hydrogen-bond donors (Lipinski definition) is 4. The van der Waals surface area contributed by atoms with Gasteiger partial charge in [0.05, 0.1) is 23.7 Å². The molecule has 10 nitrogen and oxygen atoms in total. The van der Waals surface area contributed by atoms with Crippen molar-refractivity contribution in [3.8, 4) is 0 Å². The van der Waals surface area contributed by atoms with Gasteiger partial charge in [0.2, 0.25) is 11.8 Å². The fourth-order valence-electron chi connectivity index (χ4n) is 6.50. The van der Waals surface area contributed by atoms with E-state index in [0.29, 0.717) is 24.9 Å². The molecule has 2 aromatic heterocycles. The highest BCUT2D eigenvalue weighted by Crippen LogP contribution is 2.31. The number of carbonyl (C=O) groups excluding carboxylic acids is 3. The van der Waals surface area contributed by atoms with Gasteiger partial charge in [-0.05, 0) is 81.3 Å². The van der Waals surface area contributed by atoms with Gasteiger partial charge in [-0.2, -0.15) is 11.8 Å². The quantitative estimate of drug-likeness (QED) is 0.140. The summed E-state index contributed by atoms with van der Waals surface area (Å²) in [5.74, 6) is -0.316. The second-order valence-electron chi connectivity index (χ2n) is 15.0. The Morgan fingerprint density at radius 1 is 0.923 bits per heavy atom. The van der Waals surface area contributed by atoms with Gasteiger partial charge in [0, 0.05) is 47.4 Å². The van der Waals surface area contributed by atoms with Crippen molar-refractivity contribution >= 4 is 40.4 Å². The summed E-state index contributed by atoms with van der Waals surface area (Å²) >= 11 is 1.84. The third-order valence-electron chi connectivity index (χ3n) is 9.28. The van der Waals surface area contributed by atoms with Crippen LogP contribution in [0.25, 0.3) is 10.9 Å². The summed E-state index contributed by atoms with van der Waals surface area (Å²) in [6.07, 6.45) is 4.47. The van der Waals surface area contributed by atoms with E-state index in [9.17, 15) is 19.5 Å². The zero-order valence-corrected chi connectivity index (χ0v) is 31.6. The number of benzene rings is 2. The molecule has 5 rings (SSSR count). The highest BCUT2D eigenvalue weighted by molar-refractivity contribution is 7.99. The first-order valence-corrected chi connectivity index (χ1v) is 19.2. The molecule has 0 spiro atoms. The Kier molecular flexibility index (Phi) is 13.4. The van der Waals surface area contributed by atoms with Gasteiger partial charge < -0.3 is 21.1 Å². The molecule has 1 saturated heterocycles. The van der Waals surface area contributed by atoms with Gasteiger partial charge in [0.25, 0.3) is 5.91 Å². The number of carbonyl (C=O) groups is 3. The minimum absolute atomic E-state index is 0.0672. The van der Waals surface area contributed by atoms with Gasteiger partial charge in [-0.25, -0.2) is 4.98 Å². The number of para-hydroxylation sites is 1. The van der Waals surface area contributed by atoms with Crippen molar-refractivity contribution in [2.45, 2.75) is 94.7 Å². The molecule has 0 radical (unpaired) electrons. The van der Waals surface area contributed by atoms with E-state index < -0.39 is 41.6 Å². The van der Waals surface area contributed by atoms with Gasteiger partial charge in [-0.15, -0.1) is 0 Å². The van der Waals surface area contributed by atoms with Gasteiger partial charge in [0.1, 0.15) is 11.7 Å². The third kappa shape index (κ3) is 11.1. The fourth-order valence-corrected chi connectivity index (χ4v) is 7.72. The topological polar surface area (TPSA) is 137 Å². The normalized spacial score (nSPS) is 18.4. The number of nitrogens with zero attached hydrogens (tertiary/aromatic N) is 3. The van der Waals surface area contributed by atoms with Gasteiger partial charge >= 0.3 is 0 Å². The standard InChI is InChI=1S/C41H52N6O4S/c1-27(2)37(45-38(49)33-16-15-30-13-9-10-14-32(30)43-33)40(51)44-34(23-28-11-7-6-8-12-28)36(48)25-47-22-19-31(52-26-29-17-20-42-21-18-29)24-35(47)39(50)46-41(3,4)5/h6-18,20-21,27,31,34-37,48H,19,22-26H2,1-5H3,(H,44,51)(H,45,49)(H,46,50)/t31-,34+,35+,36-,37+/m1/s1. The van der Waals surface area contributed by atoms with Crippen molar-refractivity contribution in [2.24, 2.45) is 5.92 Å². The number of fused-ring (bicyclic) bond motifs is 1. The summed E-state index contributed by atoms with van der Waals surface area (Å²) in [4.78, 5) is 51.8. The zero-order valence-electron chi connectivity index (χ0n) is 30.8. The lowest BCUT2D eigenvalue weighted by Crippen LogP contribution is -2.60. The zero-order chi connectivity index (χ0) is 37.3. The largest absolute Gasteiger partial charge is 0.390 e. The van der Waals surface area contributed by atoms with Crippen molar-refractivity contribution in [1.29, 1.82) is 0 Å². The predicted molar refractivity (Wildman–Crippen MR) is 208 cm³/mol.